The fourth-order valence-electron chi connectivity index (χ4n) is 3.21. The lowest BCUT2D eigenvalue weighted by molar-refractivity contribution is 0.101. The minimum Gasteiger partial charge on any atom is -0.489 e. The highest BCUT2D eigenvalue weighted by molar-refractivity contribution is 6.14. The maximum Gasteiger partial charge on any atom is 0.231 e. The van der Waals surface area contributed by atoms with Crippen molar-refractivity contribution in [3.05, 3.63) is 94.0 Å². The first kappa shape index (κ1) is 22.3. The number of Topliss-reactive ketones (excluding diaryl/α,β-unsaturated/α-hetero) is 1. The van der Waals surface area contributed by atoms with E-state index in [9.17, 15) is 26.7 Å². The Kier molecular flexibility index (Phi) is 5.80. The SMILES string of the molecule is CN(C)c1ccc(/C=C2\Oc3cc(OCc4c(F)c(F)c(F)c(F)c4F)ccc3C2=O)cc1. The number of carbonyl (C=O) groups excluding carboxylic acids is 1. The van der Waals surface area contributed by atoms with Crippen LogP contribution in [0.25, 0.3) is 6.08 Å². The number of rotatable bonds is 5. The molecule has 1 aliphatic heterocycles. The fraction of sp³-hybridized carbons (Fsp3) is 0.125. The van der Waals surface area contributed by atoms with Crippen LogP contribution in [0.15, 0.2) is 48.2 Å². The van der Waals surface area contributed by atoms with Crippen LogP contribution in [0, 0.1) is 29.1 Å². The van der Waals surface area contributed by atoms with E-state index in [4.69, 9.17) is 9.47 Å². The van der Waals surface area contributed by atoms with Gasteiger partial charge in [0, 0.05) is 25.8 Å². The summed E-state index contributed by atoms with van der Waals surface area (Å²) in [6.07, 6.45) is 1.57. The van der Waals surface area contributed by atoms with Crippen LogP contribution in [0.1, 0.15) is 21.5 Å². The molecule has 0 spiro atoms. The molecule has 0 atom stereocenters. The van der Waals surface area contributed by atoms with E-state index in [0.717, 1.165) is 11.3 Å². The number of ketones is 1. The molecule has 3 aromatic carbocycles. The third-order valence-corrected chi connectivity index (χ3v) is 5.03. The number of allylic oxidation sites excluding steroid dienone is 1. The number of nitrogens with zero attached hydrogens (tertiary/aromatic N) is 1. The molecule has 33 heavy (non-hydrogen) atoms. The summed E-state index contributed by atoms with van der Waals surface area (Å²) < 4.78 is 78.3. The normalized spacial score (nSPS) is 13.8. The van der Waals surface area contributed by atoms with Gasteiger partial charge >= 0.3 is 0 Å². The van der Waals surface area contributed by atoms with Crippen LogP contribution in [-0.4, -0.2) is 19.9 Å². The molecular formula is C24H16F5NO3. The number of hydrogen-bond acceptors (Lipinski definition) is 4. The van der Waals surface area contributed by atoms with Crippen LogP contribution in [0.2, 0.25) is 0 Å². The van der Waals surface area contributed by atoms with Gasteiger partial charge in [0.05, 0.1) is 11.1 Å². The van der Waals surface area contributed by atoms with Crippen LogP contribution >= 0.6 is 0 Å². The topological polar surface area (TPSA) is 38.8 Å². The third-order valence-electron chi connectivity index (χ3n) is 5.03. The van der Waals surface area contributed by atoms with Crippen molar-refractivity contribution in [2.75, 3.05) is 19.0 Å². The minimum absolute atomic E-state index is 0.0158. The largest absolute Gasteiger partial charge is 0.489 e. The summed E-state index contributed by atoms with van der Waals surface area (Å²) in [6.45, 7) is -0.917. The number of carbonyl (C=O) groups is 1. The molecule has 0 aliphatic carbocycles. The van der Waals surface area contributed by atoms with Crippen LogP contribution in [0.5, 0.6) is 11.5 Å². The molecule has 0 aromatic heterocycles. The molecule has 3 aromatic rings. The minimum atomic E-state index is -2.24. The Hall–Kier alpha value is -3.88. The number of halogens is 5. The van der Waals surface area contributed by atoms with E-state index in [1.807, 2.05) is 43.3 Å². The molecule has 1 aliphatic rings. The molecule has 9 heteroatoms. The van der Waals surface area contributed by atoms with E-state index in [-0.39, 0.29) is 28.6 Å². The maximum absolute atomic E-state index is 13.8. The zero-order valence-electron chi connectivity index (χ0n) is 17.4. The highest BCUT2D eigenvalue weighted by atomic mass is 19.2. The predicted octanol–water partition coefficient (Wildman–Crippen LogP) is 5.64. The predicted molar refractivity (Wildman–Crippen MR) is 111 cm³/mol. The van der Waals surface area contributed by atoms with Gasteiger partial charge < -0.3 is 14.4 Å². The average molecular weight is 461 g/mol. The summed E-state index contributed by atoms with van der Waals surface area (Å²) >= 11 is 0. The van der Waals surface area contributed by atoms with Crippen molar-refractivity contribution in [3.8, 4) is 11.5 Å². The van der Waals surface area contributed by atoms with Gasteiger partial charge in [0.2, 0.25) is 11.6 Å². The van der Waals surface area contributed by atoms with Gasteiger partial charge in [-0.25, -0.2) is 22.0 Å². The molecule has 170 valence electrons. The van der Waals surface area contributed by atoms with Crippen LogP contribution < -0.4 is 14.4 Å². The van der Waals surface area contributed by atoms with Crippen LogP contribution in [0.3, 0.4) is 0 Å². The lowest BCUT2D eigenvalue weighted by atomic mass is 10.1. The van der Waals surface area contributed by atoms with Gasteiger partial charge in [0.1, 0.15) is 18.1 Å². The van der Waals surface area contributed by atoms with Gasteiger partial charge in [0.15, 0.2) is 29.0 Å². The average Bonchev–Trinajstić information content (AvgIpc) is 3.11. The number of hydrogen-bond donors (Lipinski definition) is 0. The molecule has 1 heterocycles. The standard InChI is InChI=1S/C24H16F5NO3/c1-30(2)13-5-3-12(4-6-13)9-18-24(31)15-8-7-14(10-17(15)33-18)32-11-16-19(25)21(27)23(29)22(28)20(16)26/h3-10H,11H2,1-2H3/b18-9-. The van der Waals surface area contributed by atoms with Crippen molar-refractivity contribution < 1.29 is 36.2 Å². The smallest absolute Gasteiger partial charge is 0.231 e. The van der Waals surface area contributed by atoms with Crippen LogP contribution in [0.4, 0.5) is 27.6 Å². The summed E-state index contributed by atoms with van der Waals surface area (Å²) in [6, 6.07) is 11.4. The van der Waals surface area contributed by atoms with Crippen molar-refractivity contribution >= 4 is 17.5 Å². The molecule has 0 bridgehead atoms. The summed E-state index contributed by atoms with van der Waals surface area (Å²) in [7, 11) is 3.80. The van der Waals surface area contributed by atoms with Crippen molar-refractivity contribution in [1.29, 1.82) is 0 Å². The van der Waals surface area contributed by atoms with Crippen molar-refractivity contribution in [1.82, 2.24) is 0 Å². The van der Waals surface area contributed by atoms with E-state index in [1.54, 1.807) is 6.08 Å². The summed E-state index contributed by atoms with van der Waals surface area (Å²) in [5, 5.41) is 0. The van der Waals surface area contributed by atoms with Crippen molar-refractivity contribution in [2.24, 2.45) is 0 Å². The molecular weight excluding hydrogens is 445 g/mol. The Bertz CT molecular complexity index is 1260. The van der Waals surface area contributed by atoms with E-state index in [1.165, 1.54) is 18.2 Å². The summed E-state index contributed by atoms with van der Waals surface area (Å²) in [5.74, 6) is -10.4. The van der Waals surface area contributed by atoms with Gasteiger partial charge in [-0.1, -0.05) is 12.1 Å². The van der Waals surface area contributed by atoms with E-state index in [2.05, 4.69) is 0 Å². The lowest BCUT2D eigenvalue weighted by Crippen LogP contribution is -2.09. The Morgan fingerprint density at radius 3 is 2.09 bits per heavy atom. The summed E-state index contributed by atoms with van der Waals surface area (Å²) in [4.78, 5) is 14.5. The second kappa shape index (κ2) is 8.57. The van der Waals surface area contributed by atoms with E-state index >= 15 is 0 Å². The molecule has 0 saturated heterocycles. The third kappa shape index (κ3) is 4.13. The molecule has 0 amide bonds. The first-order valence-corrected chi connectivity index (χ1v) is 9.66. The maximum atomic E-state index is 13.8. The molecule has 0 saturated carbocycles. The monoisotopic (exact) mass is 461 g/mol. The van der Waals surface area contributed by atoms with Crippen molar-refractivity contribution in [2.45, 2.75) is 6.61 Å². The van der Waals surface area contributed by atoms with Crippen molar-refractivity contribution in [3.63, 3.8) is 0 Å². The Morgan fingerprint density at radius 1 is 0.879 bits per heavy atom. The van der Waals surface area contributed by atoms with Gasteiger partial charge in [-0.05, 0) is 35.9 Å². The molecule has 4 rings (SSSR count). The fourth-order valence-corrected chi connectivity index (χ4v) is 3.21. The Balaban J connectivity index is 1.53. The first-order chi connectivity index (χ1) is 15.7. The Morgan fingerprint density at radius 2 is 1.48 bits per heavy atom. The molecule has 0 unspecified atom stereocenters. The second-order valence-electron chi connectivity index (χ2n) is 7.42. The number of ether oxygens (including phenoxy) is 2. The molecule has 4 nitrogen and oxygen atoms in total. The second-order valence-corrected chi connectivity index (χ2v) is 7.42. The first-order valence-electron chi connectivity index (χ1n) is 9.66. The highest BCUT2D eigenvalue weighted by Gasteiger charge is 2.29. The van der Waals surface area contributed by atoms with E-state index in [0.29, 0.717) is 0 Å². The molecule has 0 radical (unpaired) electrons. The quantitative estimate of drug-likeness (QED) is 0.213. The number of fused-ring (bicyclic) bond motifs is 1. The summed E-state index contributed by atoms with van der Waals surface area (Å²) in [5.41, 5.74) is 0.856. The van der Waals surface area contributed by atoms with Gasteiger partial charge in [-0.3, -0.25) is 4.79 Å². The lowest BCUT2D eigenvalue weighted by Gasteiger charge is -2.11. The molecule has 0 fully saturated rings. The number of benzene rings is 3. The Labute approximate surface area is 185 Å². The van der Waals surface area contributed by atoms with E-state index < -0.39 is 41.3 Å². The molecule has 0 N–H and O–H groups in total. The zero-order chi connectivity index (χ0) is 23.9. The van der Waals surface area contributed by atoms with Crippen LogP contribution in [-0.2, 0) is 6.61 Å². The van der Waals surface area contributed by atoms with Gasteiger partial charge in [-0.2, -0.15) is 0 Å². The highest BCUT2D eigenvalue weighted by Crippen LogP contribution is 2.35. The zero-order valence-corrected chi connectivity index (χ0v) is 17.4. The van der Waals surface area contributed by atoms with Gasteiger partial charge in [-0.15, -0.1) is 0 Å². The number of anilines is 1. The van der Waals surface area contributed by atoms with Gasteiger partial charge in [0.25, 0.3) is 0 Å².